The minimum atomic E-state index is -3.72. The van der Waals surface area contributed by atoms with Crippen molar-refractivity contribution in [3.05, 3.63) is 82.8 Å². The van der Waals surface area contributed by atoms with Crippen molar-refractivity contribution in [2.75, 3.05) is 37.0 Å². The zero-order valence-corrected chi connectivity index (χ0v) is 20.0. The first-order valence-corrected chi connectivity index (χ1v) is 11.9. The molecule has 0 fully saturated rings. The lowest BCUT2D eigenvalue weighted by Crippen LogP contribution is -2.26. The second-order valence-corrected chi connectivity index (χ2v) is 9.60. The summed E-state index contributed by atoms with van der Waals surface area (Å²) in [7, 11) is -0.624. The molecule has 0 aliphatic carbocycles. The molecule has 168 valence electrons. The van der Waals surface area contributed by atoms with E-state index >= 15 is 0 Å². The van der Waals surface area contributed by atoms with E-state index in [0.717, 1.165) is 0 Å². The lowest BCUT2D eigenvalue weighted by molar-refractivity contribution is 0.102. The molecule has 0 saturated carbocycles. The second kappa shape index (κ2) is 10.6. The van der Waals surface area contributed by atoms with Gasteiger partial charge in [0.05, 0.1) is 21.7 Å². The molecule has 0 atom stereocenters. The molecule has 3 rings (SSSR count). The Bertz CT molecular complexity index is 1170. The molecule has 1 amide bonds. The number of methoxy groups -OCH3 is 1. The molecule has 0 spiro atoms. The topological polar surface area (TPSA) is 84.9 Å². The van der Waals surface area contributed by atoms with Crippen molar-refractivity contribution in [1.29, 1.82) is 0 Å². The Morgan fingerprint density at radius 3 is 2.31 bits per heavy atom. The molecule has 1 N–H and O–H groups in total. The smallest absolute Gasteiger partial charge is 0.264 e. The standard InChI is InChI=1S/C23H23BrN2O5S/c1-26(19-6-4-3-5-7-19)32(28,29)20-11-9-18(10-12-20)25-23(27)17-8-13-22(21(24)16-17)31-15-14-30-2/h3-13,16H,14-15H2,1-2H3,(H,25,27). The van der Waals surface area contributed by atoms with Crippen LogP contribution in [0.2, 0.25) is 0 Å². The Morgan fingerprint density at radius 1 is 1.00 bits per heavy atom. The van der Waals surface area contributed by atoms with E-state index in [1.807, 2.05) is 6.07 Å². The highest BCUT2D eigenvalue weighted by atomic mass is 79.9. The monoisotopic (exact) mass is 518 g/mol. The molecule has 0 aliphatic heterocycles. The fraction of sp³-hybridized carbons (Fsp3) is 0.174. The maximum atomic E-state index is 12.9. The molecule has 0 saturated heterocycles. The maximum Gasteiger partial charge on any atom is 0.264 e. The van der Waals surface area contributed by atoms with Crippen LogP contribution in [-0.4, -0.2) is 41.7 Å². The van der Waals surface area contributed by atoms with Gasteiger partial charge in [-0.25, -0.2) is 8.42 Å². The summed E-state index contributed by atoms with van der Waals surface area (Å²) in [5.41, 5.74) is 1.47. The zero-order valence-electron chi connectivity index (χ0n) is 17.6. The van der Waals surface area contributed by atoms with Crippen molar-refractivity contribution < 1.29 is 22.7 Å². The largest absolute Gasteiger partial charge is 0.490 e. The number of carbonyl (C=O) groups is 1. The van der Waals surface area contributed by atoms with Crippen LogP contribution in [0.5, 0.6) is 5.75 Å². The van der Waals surface area contributed by atoms with Gasteiger partial charge >= 0.3 is 0 Å². The van der Waals surface area contributed by atoms with Crippen molar-refractivity contribution in [3.63, 3.8) is 0 Å². The van der Waals surface area contributed by atoms with Gasteiger partial charge in [-0.3, -0.25) is 9.10 Å². The Balaban J connectivity index is 1.69. The van der Waals surface area contributed by atoms with Crippen molar-refractivity contribution in [2.24, 2.45) is 0 Å². The number of anilines is 2. The third kappa shape index (κ3) is 5.67. The van der Waals surface area contributed by atoms with E-state index in [4.69, 9.17) is 9.47 Å². The first-order chi connectivity index (χ1) is 15.3. The summed E-state index contributed by atoms with van der Waals surface area (Å²) in [5, 5.41) is 2.77. The maximum absolute atomic E-state index is 12.9. The Labute approximate surface area is 196 Å². The molecule has 0 heterocycles. The zero-order chi connectivity index (χ0) is 23.1. The molecule has 3 aromatic rings. The molecule has 7 nitrogen and oxygen atoms in total. The van der Waals surface area contributed by atoms with Crippen molar-refractivity contribution >= 4 is 43.2 Å². The summed E-state index contributed by atoms with van der Waals surface area (Å²) in [4.78, 5) is 12.7. The van der Waals surface area contributed by atoms with Crippen LogP contribution in [0, 0.1) is 0 Å². The number of nitrogens with one attached hydrogen (secondary N) is 1. The summed E-state index contributed by atoms with van der Waals surface area (Å²) >= 11 is 3.40. The number of sulfonamides is 1. The first kappa shape index (κ1) is 23.8. The van der Waals surface area contributed by atoms with Gasteiger partial charge in [0.1, 0.15) is 12.4 Å². The molecule has 0 aliphatic rings. The molecule has 0 bridgehead atoms. The number of rotatable bonds is 9. The van der Waals surface area contributed by atoms with Gasteiger partial charge in [0, 0.05) is 25.4 Å². The average molecular weight is 519 g/mol. The fourth-order valence-corrected chi connectivity index (χ4v) is 4.53. The van der Waals surface area contributed by atoms with Crippen LogP contribution in [0.1, 0.15) is 10.4 Å². The van der Waals surface area contributed by atoms with Crippen LogP contribution in [0.15, 0.2) is 82.2 Å². The highest BCUT2D eigenvalue weighted by Gasteiger charge is 2.21. The van der Waals surface area contributed by atoms with Gasteiger partial charge in [0.15, 0.2) is 0 Å². The van der Waals surface area contributed by atoms with E-state index in [1.54, 1.807) is 61.7 Å². The Morgan fingerprint density at radius 2 is 1.69 bits per heavy atom. The van der Waals surface area contributed by atoms with E-state index in [0.29, 0.717) is 40.4 Å². The van der Waals surface area contributed by atoms with Crippen molar-refractivity contribution in [2.45, 2.75) is 4.90 Å². The summed E-state index contributed by atoms with van der Waals surface area (Å²) in [6.07, 6.45) is 0. The Kier molecular flexibility index (Phi) is 7.89. The highest BCUT2D eigenvalue weighted by molar-refractivity contribution is 9.10. The van der Waals surface area contributed by atoms with Gasteiger partial charge in [0.25, 0.3) is 15.9 Å². The third-order valence-corrected chi connectivity index (χ3v) is 7.05. The van der Waals surface area contributed by atoms with E-state index in [-0.39, 0.29) is 10.8 Å². The van der Waals surface area contributed by atoms with E-state index in [2.05, 4.69) is 21.2 Å². The van der Waals surface area contributed by atoms with Crippen LogP contribution in [0.4, 0.5) is 11.4 Å². The lowest BCUT2D eigenvalue weighted by Gasteiger charge is -2.19. The molecule has 32 heavy (non-hydrogen) atoms. The molecule has 0 radical (unpaired) electrons. The van der Waals surface area contributed by atoms with Crippen LogP contribution < -0.4 is 14.4 Å². The number of hydrogen-bond acceptors (Lipinski definition) is 5. The highest BCUT2D eigenvalue weighted by Crippen LogP contribution is 2.27. The van der Waals surface area contributed by atoms with Gasteiger partial charge in [-0.05, 0) is 70.5 Å². The van der Waals surface area contributed by atoms with Crippen LogP contribution in [-0.2, 0) is 14.8 Å². The van der Waals surface area contributed by atoms with Crippen molar-refractivity contribution in [1.82, 2.24) is 0 Å². The summed E-state index contributed by atoms with van der Waals surface area (Å²) in [6, 6.07) is 19.9. The van der Waals surface area contributed by atoms with Crippen LogP contribution in [0.25, 0.3) is 0 Å². The molecule has 3 aromatic carbocycles. The minimum Gasteiger partial charge on any atom is -0.490 e. The number of benzene rings is 3. The van der Waals surface area contributed by atoms with Gasteiger partial charge in [-0.2, -0.15) is 0 Å². The molecule has 9 heteroatoms. The molecular weight excluding hydrogens is 496 g/mol. The fourth-order valence-electron chi connectivity index (χ4n) is 2.84. The first-order valence-electron chi connectivity index (χ1n) is 9.69. The van der Waals surface area contributed by atoms with Gasteiger partial charge in [-0.1, -0.05) is 18.2 Å². The average Bonchev–Trinajstić information content (AvgIpc) is 2.80. The number of nitrogens with zero attached hydrogens (tertiary/aromatic N) is 1. The predicted octanol–water partition coefficient (Wildman–Crippen LogP) is 4.55. The number of para-hydroxylation sites is 1. The molecular formula is C23H23BrN2O5S. The van der Waals surface area contributed by atoms with Crippen LogP contribution in [0.3, 0.4) is 0 Å². The third-order valence-electron chi connectivity index (χ3n) is 4.63. The van der Waals surface area contributed by atoms with E-state index < -0.39 is 10.0 Å². The van der Waals surface area contributed by atoms with Gasteiger partial charge in [0.2, 0.25) is 0 Å². The molecule has 0 aromatic heterocycles. The number of amides is 1. The van der Waals surface area contributed by atoms with Gasteiger partial charge in [-0.15, -0.1) is 0 Å². The van der Waals surface area contributed by atoms with Crippen LogP contribution >= 0.6 is 15.9 Å². The number of ether oxygens (including phenoxy) is 2. The lowest BCUT2D eigenvalue weighted by atomic mass is 10.2. The normalized spacial score (nSPS) is 11.1. The number of halogens is 1. The summed E-state index contributed by atoms with van der Waals surface area (Å²) in [5.74, 6) is 0.279. The summed E-state index contributed by atoms with van der Waals surface area (Å²) in [6.45, 7) is 0.858. The SMILES string of the molecule is COCCOc1ccc(C(=O)Nc2ccc(S(=O)(=O)N(C)c3ccccc3)cc2)cc1Br. The Hall–Kier alpha value is -2.88. The minimum absolute atomic E-state index is 0.127. The molecule has 0 unspecified atom stereocenters. The summed E-state index contributed by atoms with van der Waals surface area (Å²) < 4.78 is 38.1. The predicted molar refractivity (Wildman–Crippen MR) is 128 cm³/mol. The van der Waals surface area contributed by atoms with Crippen molar-refractivity contribution in [3.8, 4) is 5.75 Å². The van der Waals surface area contributed by atoms with E-state index in [1.165, 1.54) is 23.5 Å². The second-order valence-electron chi connectivity index (χ2n) is 6.77. The number of carbonyl (C=O) groups excluding carboxylic acids is 1. The van der Waals surface area contributed by atoms with E-state index in [9.17, 15) is 13.2 Å². The van der Waals surface area contributed by atoms with Gasteiger partial charge < -0.3 is 14.8 Å². The quantitative estimate of drug-likeness (QED) is 0.420. The number of hydrogen-bond donors (Lipinski definition) is 1.